The van der Waals surface area contributed by atoms with E-state index in [1.54, 1.807) is 7.11 Å². The van der Waals surface area contributed by atoms with Gasteiger partial charge < -0.3 is 19.1 Å². The van der Waals surface area contributed by atoms with Gasteiger partial charge in [0, 0.05) is 23.9 Å². The van der Waals surface area contributed by atoms with Gasteiger partial charge in [0.05, 0.1) is 20.3 Å². The molecule has 0 N–H and O–H groups in total. The average Bonchev–Trinajstić information content (AvgIpc) is 3.44. The number of hydrogen-bond acceptors (Lipinski definition) is 4. The van der Waals surface area contributed by atoms with Crippen LogP contribution in [0, 0.1) is 0 Å². The zero-order chi connectivity index (χ0) is 20.9. The van der Waals surface area contributed by atoms with Crippen LogP contribution in [0.1, 0.15) is 50.2 Å². The molecule has 162 valence electrons. The van der Waals surface area contributed by atoms with E-state index in [4.69, 9.17) is 14.2 Å². The van der Waals surface area contributed by atoms with Gasteiger partial charge in [0.15, 0.2) is 5.79 Å². The van der Waals surface area contributed by atoms with Crippen molar-refractivity contribution in [3.05, 3.63) is 65.7 Å². The van der Waals surface area contributed by atoms with Gasteiger partial charge in [0.25, 0.3) is 0 Å². The highest BCUT2D eigenvalue weighted by Gasteiger charge is 2.40. The fraction of sp³-hybridized carbons (Fsp3) is 0.538. The molecule has 0 radical (unpaired) electrons. The third kappa shape index (κ3) is 4.41. The largest absolute Gasteiger partial charge is 0.497 e. The highest BCUT2D eigenvalue weighted by molar-refractivity contribution is 5.35. The number of rotatable bonds is 9. The molecule has 2 saturated heterocycles. The summed E-state index contributed by atoms with van der Waals surface area (Å²) in [5, 5.41) is 0. The maximum Gasteiger partial charge on any atom is 0.195 e. The van der Waals surface area contributed by atoms with Crippen LogP contribution in [0.5, 0.6) is 5.75 Å². The fourth-order valence-electron chi connectivity index (χ4n) is 5.30. The quantitative estimate of drug-likeness (QED) is 0.575. The Bertz CT molecular complexity index is 803. The molecule has 1 unspecified atom stereocenters. The van der Waals surface area contributed by atoms with E-state index in [0.29, 0.717) is 13.2 Å². The normalized spacial score (nSPS) is 23.7. The highest BCUT2D eigenvalue weighted by Crippen LogP contribution is 2.41. The molecular weight excluding hydrogens is 374 g/mol. The number of methoxy groups -OCH3 is 1. The summed E-state index contributed by atoms with van der Waals surface area (Å²) in [4.78, 5) is 2.63. The first-order valence-electron chi connectivity index (χ1n) is 11.4. The summed E-state index contributed by atoms with van der Waals surface area (Å²) >= 11 is 0. The summed E-state index contributed by atoms with van der Waals surface area (Å²) in [6, 6.07) is 19.1. The third-order valence-corrected chi connectivity index (χ3v) is 6.79. The summed E-state index contributed by atoms with van der Waals surface area (Å²) in [7, 11) is 1.75. The summed E-state index contributed by atoms with van der Waals surface area (Å²) < 4.78 is 17.7. The van der Waals surface area contributed by atoms with Gasteiger partial charge in [0.1, 0.15) is 5.75 Å². The molecule has 0 aromatic heterocycles. The van der Waals surface area contributed by atoms with Gasteiger partial charge in [-0.2, -0.15) is 0 Å². The molecule has 0 saturated carbocycles. The van der Waals surface area contributed by atoms with Gasteiger partial charge in [-0.3, -0.25) is 0 Å². The number of likely N-dealkylation sites (tertiary alicyclic amines) is 1. The number of benzene rings is 2. The second-order valence-corrected chi connectivity index (χ2v) is 8.71. The molecule has 2 aromatic carbocycles. The molecule has 30 heavy (non-hydrogen) atoms. The van der Waals surface area contributed by atoms with Crippen molar-refractivity contribution in [2.45, 2.75) is 50.2 Å². The molecule has 0 amide bonds. The van der Waals surface area contributed by atoms with E-state index in [2.05, 4.69) is 54.3 Å². The molecule has 2 aliphatic rings. The molecule has 4 nitrogen and oxygen atoms in total. The topological polar surface area (TPSA) is 30.9 Å². The van der Waals surface area contributed by atoms with E-state index >= 15 is 0 Å². The second-order valence-electron chi connectivity index (χ2n) is 8.71. The predicted molar refractivity (Wildman–Crippen MR) is 120 cm³/mol. The molecule has 4 rings (SSSR count). The van der Waals surface area contributed by atoms with Crippen molar-refractivity contribution in [2.24, 2.45) is 0 Å². The lowest BCUT2D eigenvalue weighted by atomic mass is 9.76. The molecule has 2 aliphatic heterocycles. The van der Waals surface area contributed by atoms with Crippen molar-refractivity contribution in [1.82, 2.24) is 4.90 Å². The minimum absolute atomic E-state index is 0.237. The SMILES string of the molecule is CCCC1(c2cccc(OC)c2)CCN(CCCC2(c3ccccc3)OCCO2)C1. The first kappa shape index (κ1) is 21.4. The van der Waals surface area contributed by atoms with Crippen molar-refractivity contribution in [3.8, 4) is 5.75 Å². The van der Waals surface area contributed by atoms with E-state index in [1.165, 1.54) is 24.8 Å². The first-order chi connectivity index (χ1) is 14.7. The highest BCUT2D eigenvalue weighted by atomic mass is 16.7. The zero-order valence-corrected chi connectivity index (χ0v) is 18.4. The third-order valence-electron chi connectivity index (χ3n) is 6.79. The van der Waals surface area contributed by atoms with Crippen LogP contribution in [-0.4, -0.2) is 44.9 Å². The Labute approximate surface area is 181 Å². The van der Waals surface area contributed by atoms with Gasteiger partial charge in [-0.1, -0.05) is 55.8 Å². The Morgan fingerprint density at radius 2 is 1.73 bits per heavy atom. The number of nitrogens with zero attached hydrogens (tertiary/aromatic N) is 1. The van der Waals surface area contributed by atoms with Crippen LogP contribution in [-0.2, 0) is 20.7 Å². The molecule has 0 spiro atoms. The molecule has 0 bridgehead atoms. The summed E-state index contributed by atoms with van der Waals surface area (Å²) in [5.41, 5.74) is 2.80. The molecule has 4 heteroatoms. The molecular formula is C26H35NO3. The van der Waals surface area contributed by atoms with Crippen LogP contribution in [0.3, 0.4) is 0 Å². The van der Waals surface area contributed by atoms with E-state index in [1.807, 2.05) is 12.1 Å². The van der Waals surface area contributed by atoms with Gasteiger partial charge in [-0.05, 0) is 50.0 Å². The van der Waals surface area contributed by atoms with Gasteiger partial charge >= 0.3 is 0 Å². The zero-order valence-electron chi connectivity index (χ0n) is 18.4. The van der Waals surface area contributed by atoms with Crippen LogP contribution < -0.4 is 4.74 Å². The predicted octanol–water partition coefficient (Wildman–Crippen LogP) is 5.12. The van der Waals surface area contributed by atoms with Gasteiger partial charge in [-0.25, -0.2) is 0 Å². The van der Waals surface area contributed by atoms with E-state index < -0.39 is 5.79 Å². The van der Waals surface area contributed by atoms with Crippen LogP contribution in [0.15, 0.2) is 54.6 Å². The van der Waals surface area contributed by atoms with E-state index in [0.717, 1.165) is 43.8 Å². The Balaban J connectivity index is 1.40. The summed E-state index contributed by atoms with van der Waals surface area (Å²) in [6.45, 7) is 6.99. The number of hydrogen-bond donors (Lipinski definition) is 0. The Morgan fingerprint density at radius 1 is 0.967 bits per heavy atom. The van der Waals surface area contributed by atoms with Crippen molar-refractivity contribution < 1.29 is 14.2 Å². The van der Waals surface area contributed by atoms with Crippen LogP contribution >= 0.6 is 0 Å². The Kier molecular flexibility index (Phi) is 6.77. The Morgan fingerprint density at radius 3 is 2.47 bits per heavy atom. The van der Waals surface area contributed by atoms with E-state index in [-0.39, 0.29) is 5.41 Å². The number of ether oxygens (including phenoxy) is 3. The Hall–Kier alpha value is -1.88. The van der Waals surface area contributed by atoms with Crippen molar-refractivity contribution >= 4 is 0 Å². The van der Waals surface area contributed by atoms with E-state index in [9.17, 15) is 0 Å². The minimum Gasteiger partial charge on any atom is -0.497 e. The van der Waals surface area contributed by atoms with Gasteiger partial charge in [0.2, 0.25) is 0 Å². The standard InChI is InChI=1S/C26H35NO3/c1-3-13-25(23-11-7-12-24(20-23)28-2)15-17-27(21-25)16-8-14-26(29-18-19-30-26)22-9-5-4-6-10-22/h4-7,9-12,20H,3,8,13-19,21H2,1-2H3. The average molecular weight is 410 g/mol. The molecule has 2 aromatic rings. The van der Waals surface area contributed by atoms with Crippen molar-refractivity contribution in [1.29, 1.82) is 0 Å². The lowest BCUT2D eigenvalue weighted by Crippen LogP contribution is -2.33. The van der Waals surface area contributed by atoms with Crippen LogP contribution in [0.4, 0.5) is 0 Å². The van der Waals surface area contributed by atoms with Crippen molar-refractivity contribution in [2.75, 3.05) is 40.0 Å². The molecule has 0 aliphatic carbocycles. The minimum atomic E-state index is -0.561. The fourth-order valence-corrected chi connectivity index (χ4v) is 5.30. The van der Waals surface area contributed by atoms with Crippen LogP contribution in [0.2, 0.25) is 0 Å². The monoisotopic (exact) mass is 409 g/mol. The summed E-state index contributed by atoms with van der Waals surface area (Å²) in [5.74, 6) is 0.399. The maximum absolute atomic E-state index is 6.11. The lowest BCUT2D eigenvalue weighted by Gasteiger charge is -2.31. The maximum atomic E-state index is 6.11. The van der Waals surface area contributed by atoms with Gasteiger partial charge in [-0.15, -0.1) is 0 Å². The lowest BCUT2D eigenvalue weighted by molar-refractivity contribution is -0.172. The molecule has 2 fully saturated rings. The molecule has 2 heterocycles. The van der Waals surface area contributed by atoms with Crippen molar-refractivity contribution in [3.63, 3.8) is 0 Å². The van der Waals surface area contributed by atoms with Crippen LogP contribution in [0.25, 0.3) is 0 Å². The summed E-state index contributed by atoms with van der Waals surface area (Å²) in [6.07, 6.45) is 5.59. The smallest absolute Gasteiger partial charge is 0.195 e. The first-order valence-corrected chi connectivity index (χ1v) is 11.4. The molecule has 1 atom stereocenters. The second kappa shape index (κ2) is 9.51.